The fourth-order valence-corrected chi connectivity index (χ4v) is 3.11. The van der Waals surface area contributed by atoms with Gasteiger partial charge in [-0.3, -0.25) is 0 Å². The first-order valence-corrected chi connectivity index (χ1v) is 10.5. The smallest absolute Gasteiger partial charge is 0.191 e. The minimum Gasteiger partial charge on any atom is -0.493 e. The molecule has 7 heteroatoms. The van der Waals surface area contributed by atoms with Crippen LogP contribution in [0.4, 0.5) is 5.82 Å². The lowest BCUT2D eigenvalue weighted by Gasteiger charge is -2.16. The largest absolute Gasteiger partial charge is 0.493 e. The Morgan fingerprint density at radius 3 is 2.67 bits per heavy atom. The summed E-state index contributed by atoms with van der Waals surface area (Å²) in [5.74, 6) is 3.33. The third kappa shape index (κ3) is 7.13. The average molecular weight is 414 g/mol. The van der Waals surface area contributed by atoms with Crippen molar-refractivity contribution in [3.8, 4) is 11.5 Å². The summed E-state index contributed by atoms with van der Waals surface area (Å²) in [6.07, 6.45) is 3.74. The van der Waals surface area contributed by atoms with Crippen LogP contribution >= 0.6 is 0 Å². The lowest BCUT2D eigenvalue weighted by molar-refractivity contribution is 0.310. The number of guanidine groups is 1. The summed E-state index contributed by atoms with van der Waals surface area (Å²) in [5.41, 5.74) is 2.33. The Morgan fingerprint density at radius 2 is 1.97 bits per heavy atom. The van der Waals surface area contributed by atoms with Gasteiger partial charge in [0.25, 0.3) is 0 Å². The summed E-state index contributed by atoms with van der Waals surface area (Å²) in [5, 5.41) is 6.73. The van der Waals surface area contributed by atoms with Crippen LogP contribution in [0.1, 0.15) is 31.4 Å². The van der Waals surface area contributed by atoms with Gasteiger partial charge in [0.05, 0.1) is 20.3 Å². The molecule has 0 saturated carbocycles. The molecule has 1 aromatic heterocycles. The highest BCUT2D eigenvalue weighted by Crippen LogP contribution is 2.28. The Hall–Kier alpha value is -2.96. The van der Waals surface area contributed by atoms with E-state index in [1.165, 1.54) is 5.56 Å². The van der Waals surface area contributed by atoms with Crippen molar-refractivity contribution in [2.75, 3.05) is 45.8 Å². The molecule has 0 atom stereocenters. The van der Waals surface area contributed by atoms with E-state index in [-0.39, 0.29) is 0 Å². The molecule has 0 amide bonds. The summed E-state index contributed by atoms with van der Waals surface area (Å²) in [7, 11) is 5.65. The van der Waals surface area contributed by atoms with E-state index in [1.807, 2.05) is 44.2 Å². The van der Waals surface area contributed by atoms with Crippen LogP contribution in [0.5, 0.6) is 11.5 Å². The Balaban J connectivity index is 1.91. The van der Waals surface area contributed by atoms with Crippen LogP contribution in [-0.2, 0) is 13.0 Å². The molecule has 0 unspecified atom stereocenters. The van der Waals surface area contributed by atoms with Gasteiger partial charge in [-0.15, -0.1) is 0 Å². The number of aromatic nitrogens is 1. The fourth-order valence-electron chi connectivity index (χ4n) is 3.11. The van der Waals surface area contributed by atoms with Crippen molar-refractivity contribution < 1.29 is 9.47 Å². The van der Waals surface area contributed by atoms with Gasteiger partial charge in [0.1, 0.15) is 5.82 Å². The molecule has 1 heterocycles. The molecular formula is C23H35N5O2. The van der Waals surface area contributed by atoms with E-state index >= 15 is 0 Å². The van der Waals surface area contributed by atoms with Crippen molar-refractivity contribution >= 4 is 11.8 Å². The summed E-state index contributed by atoms with van der Waals surface area (Å²) in [6.45, 7) is 6.89. The van der Waals surface area contributed by atoms with Crippen LogP contribution < -0.4 is 25.0 Å². The molecule has 0 radical (unpaired) electrons. The molecule has 30 heavy (non-hydrogen) atoms. The highest BCUT2D eigenvalue weighted by Gasteiger charge is 2.07. The van der Waals surface area contributed by atoms with Gasteiger partial charge in [0, 0.05) is 38.9 Å². The van der Waals surface area contributed by atoms with Crippen LogP contribution in [0.3, 0.4) is 0 Å². The molecule has 2 N–H and O–H groups in total. The number of nitrogens with one attached hydrogen (secondary N) is 2. The Labute approximate surface area is 180 Å². The number of pyridine rings is 1. The van der Waals surface area contributed by atoms with Gasteiger partial charge in [-0.25, -0.2) is 9.98 Å². The van der Waals surface area contributed by atoms with E-state index in [2.05, 4.69) is 40.7 Å². The number of aliphatic imine (C=N–C) groups is 1. The van der Waals surface area contributed by atoms with Crippen molar-refractivity contribution in [2.24, 2.45) is 4.99 Å². The molecule has 1 aromatic carbocycles. The maximum Gasteiger partial charge on any atom is 0.191 e. The number of aryl methyl sites for hydroxylation is 1. The lowest BCUT2D eigenvalue weighted by atomic mass is 10.1. The first-order valence-electron chi connectivity index (χ1n) is 10.5. The van der Waals surface area contributed by atoms with E-state index in [0.29, 0.717) is 13.2 Å². The number of hydrogen-bond acceptors (Lipinski definition) is 5. The summed E-state index contributed by atoms with van der Waals surface area (Å²) in [4.78, 5) is 11.2. The van der Waals surface area contributed by atoms with Crippen molar-refractivity contribution in [2.45, 2.75) is 33.2 Å². The fraction of sp³-hybridized carbons (Fsp3) is 0.478. The predicted octanol–water partition coefficient (Wildman–Crippen LogP) is 3.24. The van der Waals surface area contributed by atoms with Crippen LogP contribution in [-0.4, -0.2) is 51.8 Å². The molecule has 164 valence electrons. The molecule has 0 aliphatic heterocycles. The predicted molar refractivity (Wildman–Crippen MR) is 124 cm³/mol. The second-order valence-corrected chi connectivity index (χ2v) is 7.02. The van der Waals surface area contributed by atoms with E-state index in [1.54, 1.807) is 7.11 Å². The lowest BCUT2D eigenvalue weighted by Crippen LogP contribution is -2.37. The number of benzene rings is 1. The number of rotatable bonds is 11. The Bertz CT molecular complexity index is 808. The van der Waals surface area contributed by atoms with Crippen LogP contribution in [0.2, 0.25) is 0 Å². The second kappa shape index (κ2) is 12.6. The number of anilines is 1. The highest BCUT2D eigenvalue weighted by molar-refractivity contribution is 5.79. The number of nitrogens with zero attached hydrogens (tertiary/aromatic N) is 3. The SMILES string of the molecule is CCNC(=NCc1cccnc1N(C)C)NCCCc1ccc(OC)c(OCC)c1. The topological polar surface area (TPSA) is 71.0 Å². The first-order chi connectivity index (χ1) is 14.6. The van der Waals surface area contributed by atoms with Gasteiger partial charge in [0.15, 0.2) is 17.5 Å². The zero-order chi connectivity index (χ0) is 21.8. The van der Waals surface area contributed by atoms with Gasteiger partial charge >= 0.3 is 0 Å². The van der Waals surface area contributed by atoms with E-state index in [9.17, 15) is 0 Å². The number of hydrogen-bond donors (Lipinski definition) is 2. The Morgan fingerprint density at radius 1 is 1.13 bits per heavy atom. The second-order valence-electron chi connectivity index (χ2n) is 7.02. The third-order valence-corrected chi connectivity index (χ3v) is 4.51. The monoisotopic (exact) mass is 413 g/mol. The van der Waals surface area contributed by atoms with Crippen LogP contribution in [0, 0.1) is 0 Å². The summed E-state index contributed by atoms with van der Waals surface area (Å²) in [6, 6.07) is 10.1. The van der Waals surface area contributed by atoms with E-state index in [0.717, 1.165) is 54.8 Å². The quantitative estimate of drug-likeness (QED) is 0.335. The van der Waals surface area contributed by atoms with E-state index < -0.39 is 0 Å². The van der Waals surface area contributed by atoms with Gasteiger partial charge in [0.2, 0.25) is 0 Å². The van der Waals surface area contributed by atoms with Crippen molar-refractivity contribution in [3.63, 3.8) is 0 Å². The highest BCUT2D eigenvalue weighted by atomic mass is 16.5. The molecule has 2 rings (SSSR count). The van der Waals surface area contributed by atoms with Crippen molar-refractivity contribution in [1.29, 1.82) is 0 Å². The molecule has 7 nitrogen and oxygen atoms in total. The van der Waals surface area contributed by atoms with Crippen LogP contribution in [0.15, 0.2) is 41.5 Å². The minimum atomic E-state index is 0.576. The summed E-state index contributed by atoms with van der Waals surface area (Å²) >= 11 is 0. The summed E-state index contributed by atoms with van der Waals surface area (Å²) < 4.78 is 11.0. The zero-order valence-corrected chi connectivity index (χ0v) is 18.9. The van der Waals surface area contributed by atoms with Crippen LogP contribution in [0.25, 0.3) is 0 Å². The minimum absolute atomic E-state index is 0.576. The van der Waals surface area contributed by atoms with E-state index in [4.69, 9.17) is 14.5 Å². The molecule has 0 saturated heterocycles. The molecule has 0 spiro atoms. The third-order valence-electron chi connectivity index (χ3n) is 4.51. The van der Waals surface area contributed by atoms with Crippen molar-refractivity contribution in [3.05, 3.63) is 47.7 Å². The average Bonchev–Trinajstić information content (AvgIpc) is 2.75. The van der Waals surface area contributed by atoms with Crippen molar-refractivity contribution in [1.82, 2.24) is 15.6 Å². The first kappa shape index (κ1) is 23.3. The molecule has 2 aromatic rings. The van der Waals surface area contributed by atoms with Gasteiger partial charge in [-0.05, 0) is 50.5 Å². The molecule has 0 aliphatic rings. The molecule has 0 bridgehead atoms. The standard InChI is InChI=1S/C23H35N5O2/c1-6-24-23(27-17-19-11-9-14-25-22(19)28(3)4)26-15-8-10-18-12-13-20(29-5)21(16-18)30-7-2/h9,11-14,16H,6-8,10,15,17H2,1-5H3,(H2,24,26,27). The molecule has 0 fully saturated rings. The van der Waals surface area contributed by atoms with Gasteiger partial charge < -0.3 is 25.0 Å². The normalized spacial score (nSPS) is 11.2. The van der Waals surface area contributed by atoms with Gasteiger partial charge in [-0.1, -0.05) is 12.1 Å². The number of ether oxygens (including phenoxy) is 2. The number of methoxy groups -OCH3 is 1. The zero-order valence-electron chi connectivity index (χ0n) is 18.9. The Kier molecular flexibility index (Phi) is 9.77. The molecule has 0 aliphatic carbocycles. The maximum absolute atomic E-state index is 5.67. The maximum atomic E-state index is 5.67. The molecular weight excluding hydrogens is 378 g/mol. The van der Waals surface area contributed by atoms with Gasteiger partial charge in [-0.2, -0.15) is 0 Å².